The molecule has 2 aliphatic carbocycles. The van der Waals surface area contributed by atoms with Crippen molar-refractivity contribution in [1.82, 2.24) is 5.32 Å². The zero-order valence-electron chi connectivity index (χ0n) is 11.9. The highest BCUT2D eigenvalue weighted by atomic mass is 16.3. The third-order valence-electron chi connectivity index (χ3n) is 5.74. The number of nitrogens with one attached hydrogen (secondary N) is 1. The SMILES string of the molecule is C=C1C(=O)NC2(O)CC3CC(C)(C)C(O)C3C1(C)C2. The van der Waals surface area contributed by atoms with Crippen molar-refractivity contribution in [2.75, 3.05) is 0 Å². The van der Waals surface area contributed by atoms with Crippen molar-refractivity contribution >= 4 is 5.91 Å². The van der Waals surface area contributed by atoms with Gasteiger partial charge in [0.25, 0.3) is 0 Å². The maximum atomic E-state index is 12.0. The summed E-state index contributed by atoms with van der Waals surface area (Å²) in [6.07, 6.45) is 1.42. The Morgan fingerprint density at radius 1 is 1.32 bits per heavy atom. The molecule has 4 heteroatoms. The van der Waals surface area contributed by atoms with Gasteiger partial charge in [-0.3, -0.25) is 4.79 Å². The van der Waals surface area contributed by atoms with Gasteiger partial charge in [-0.1, -0.05) is 27.4 Å². The first-order chi connectivity index (χ1) is 8.59. The highest BCUT2D eigenvalue weighted by molar-refractivity contribution is 5.95. The lowest BCUT2D eigenvalue weighted by molar-refractivity contribution is -0.158. The standard InChI is InChI=1S/C15H23NO3/c1-8-12(18)16-15(19)6-9-5-13(2,3)11(17)10(9)14(8,4)7-15/h9-11,17,19H,1,5-7H2,2-4H3,(H,16,18). The van der Waals surface area contributed by atoms with Crippen LogP contribution >= 0.6 is 0 Å². The lowest BCUT2D eigenvalue weighted by Gasteiger charge is -2.55. The van der Waals surface area contributed by atoms with Gasteiger partial charge in [0, 0.05) is 17.4 Å². The minimum Gasteiger partial charge on any atom is -0.392 e. The minimum atomic E-state index is -1.13. The second-order valence-corrected chi connectivity index (χ2v) is 7.69. The molecule has 3 fully saturated rings. The molecule has 0 aromatic heterocycles. The predicted molar refractivity (Wildman–Crippen MR) is 71.0 cm³/mol. The van der Waals surface area contributed by atoms with Crippen molar-refractivity contribution in [2.24, 2.45) is 22.7 Å². The van der Waals surface area contributed by atoms with Gasteiger partial charge in [0.05, 0.1) is 6.10 Å². The molecular formula is C15H23NO3. The Labute approximate surface area is 113 Å². The van der Waals surface area contributed by atoms with Crippen molar-refractivity contribution in [2.45, 2.75) is 51.9 Å². The second-order valence-electron chi connectivity index (χ2n) is 7.69. The minimum absolute atomic E-state index is 0.0151. The molecule has 2 bridgehead atoms. The topological polar surface area (TPSA) is 69.6 Å². The molecule has 5 unspecified atom stereocenters. The average molecular weight is 265 g/mol. The smallest absolute Gasteiger partial charge is 0.249 e. The lowest BCUT2D eigenvalue weighted by Crippen LogP contribution is -2.65. The Kier molecular flexibility index (Phi) is 2.36. The molecule has 3 rings (SSSR count). The van der Waals surface area contributed by atoms with E-state index in [4.69, 9.17) is 0 Å². The summed E-state index contributed by atoms with van der Waals surface area (Å²) >= 11 is 0. The summed E-state index contributed by atoms with van der Waals surface area (Å²) in [5, 5.41) is 24.0. The van der Waals surface area contributed by atoms with Crippen LogP contribution in [0.2, 0.25) is 0 Å². The van der Waals surface area contributed by atoms with E-state index in [9.17, 15) is 15.0 Å². The highest BCUT2D eigenvalue weighted by Gasteiger charge is 2.64. The quantitative estimate of drug-likeness (QED) is 0.576. The second kappa shape index (κ2) is 3.41. The first-order valence-corrected chi connectivity index (χ1v) is 7.01. The molecular weight excluding hydrogens is 242 g/mol. The normalized spacial score (nSPS) is 51.7. The van der Waals surface area contributed by atoms with Crippen LogP contribution < -0.4 is 5.32 Å². The third-order valence-corrected chi connectivity index (χ3v) is 5.74. The summed E-state index contributed by atoms with van der Waals surface area (Å²) in [7, 11) is 0. The van der Waals surface area contributed by atoms with Crippen molar-refractivity contribution in [3.63, 3.8) is 0 Å². The van der Waals surface area contributed by atoms with E-state index in [1.165, 1.54) is 0 Å². The molecule has 0 aromatic carbocycles. The van der Waals surface area contributed by atoms with E-state index in [0.29, 0.717) is 18.4 Å². The lowest BCUT2D eigenvalue weighted by atomic mass is 9.55. The van der Waals surface area contributed by atoms with Crippen LogP contribution in [0.4, 0.5) is 0 Å². The van der Waals surface area contributed by atoms with Gasteiger partial charge in [-0.2, -0.15) is 0 Å². The van der Waals surface area contributed by atoms with Crippen LogP contribution in [0.1, 0.15) is 40.0 Å². The summed E-state index contributed by atoms with van der Waals surface area (Å²) in [4.78, 5) is 12.0. The van der Waals surface area contributed by atoms with Gasteiger partial charge in [0.1, 0.15) is 5.72 Å². The molecule has 106 valence electrons. The Morgan fingerprint density at radius 3 is 2.58 bits per heavy atom. The van der Waals surface area contributed by atoms with Gasteiger partial charge in [-0.15, -0.1) is 0 Å². The van der Waals surface area contributed by atoms with Crippen molar-refractivity contribution in [1.29, 1.82) is 0 Å². The van der Waals surface area contributed by atoms with Crippen LogP contribution in [-0.4, -0.2) is 27.9 Å². The van der Waals surface area contributed by atoms with Crippen molar-refractivity contribution in [3.8, 4) is 0 Å². The summed E-state index contributed by atoms with van der Waals surface area (Å²) in [6, 6.07) is 0. The van der Waals surface area contributed by atoms with E-state index in [2.05, 4.69) is 25.7 Å². The number of carbonyl (C=O) groups is 1. The largest absolute Gasteiger partial charge is 0.392 e. The average Bonchev–Trinajstić information content (AvgIpc) is 2.45. The number of amides is 1. The van der Waals surface area contributed by atoms with Crippen molar-refractivity contribution in [3.05, 3.63) is 12.2 Å². The number of hydrogen-bond donors (Lipinski definition) is 3. The number of aliphatic hydroxyl groups excluding tert-OH is 1. The fourth-order valence-electron chi connectivity index (χ4n) is 4.92. The number of carbonyl (C=O) groups excluding carboxylic acids is 1. The number of rotatable bonds is 0. The number of hydrogen-bond acceptors (Lipinski definition) is 3. The Bertz CT molecular complexity index is 472. The number of fused-ring (bicyclic) bond motifs is 4. The van der Waals surface area contributed by atoms with Gasteiger partial charge in [-0.05, 0) is 30.1 Å². The maximum absolute atomic E-state index is 12.0. The molecule has 1 saturated heterocycles. The van der Waals surface area contributed by atoms with E-state index >= 15 is 0 Å². The van der Waals surface area contributed by atoms with E-state index in [1.807, 2.05) is 6.92 Å². The van der Waals surface area contributed by atoms with E-state index < -0.39 is 17.2 Å². The van der Waals surface area contributed by atoms with E-state index in [-0.39, 0.29) is 23.2 Å². The first kappa shape index (κ1) is 13.1. The molecule has 1 heterocycles. The molecule has 3 N–H and O–H groups in total. The molecule has 5 atom stereocenters. The van der Waals surface area contributed by atoms with Gasteiger partial charge in [-0.25, -0.2) is 0 Å². The van der Waals surface area contributed by atoms with Crippen LogP contribution in [0.15, 0.2) is 12.2 Å². The van der Waals surface area contributed by atoms with Crippen LogP contribution in [-0.2, 0) is 4.79 Å². The van der Waals surface area contributed by atoms with Gasteiger partial charge < -0.3 is 15.5 Å². The molecule has 0 radical (unpaired) electrons. The fourth-order valence-corrected chi connectivity index (χ4v) is 4.92. The van der Waals surface area contributed by atoms with Crippen LogP contribution in [0.5, 0.6) is 0 Å². The number of piperidine rings is 1. The van der Waals surface area contributed by atoms with Gasteiger partial charge >= 0.3 is 0 Å². The molecule has 4 nitrogen and oxygen atoms in total. The zero-order chi connectivity index (χ0) is 14.2. The molecule has 0 spiro atoms. The Morgan fingerprint density at radius 2 is 1.95 bits per heavy atom. The summed E-state index contributed by atoms with van der Waals surface area (Å²) < 4.78 is 0. The van der Waals surface area contributed by atoms with Crippen LogP contribution in [0.25, 0.3) is 0 Å². The Balaban J connectivity index is 2.09. The summed E-state index contributed by atoms with van der Waals surface area (Å²) in [5.74, 6) is -0.0287. The van der Waals surface area contributed by atoms with Gasteiger partial charge in [0.15, 0.2) is 0 Å². The molecule has 2 saturated carbocycles. The van der Waals surface area contributed by atoms with Crippen LogP contribution in [0.3, 0.4) is 0 Å². The third kappa shape index (κ3) is 1.56. The summed E-state index contributed by atoms with van der Waals surface area (Å²) in [5.41, 5.74) is -1.31. The predicted octanol–water partition coefficient (Wildman–Crippen LogP) is 1.18. The van der Waals surface area contributed by atoms with E-state index in [1.54, 1.807) is 0 Å². The molecule has 0 aromatic rings. The Hall–Kier alpha value is -0.870. The van der Waals surface area contributed by atoms with Crippen molar-refractivity contribution < 1.29 is 15.0 Å². The van der Waals surface area contributed by atoms with Crippen LogP contribution in [0, 0.1) is 22.7 Å². The molecule has 19 heavy (non-hydrogen) atoms. The molecule has 3 aliphatic rings. The maximum Gasteiger partial charge on any atom is 0.249 e. The highest BCUT2D eigenvalue weighted by Crippen LogP contribution is 2.62. The number of aliphatic hydroxyl groups is 2. The molecule has 1 aliphatic heterocycles. The first-order valence-electron chi connectivity index (χ1n) is 7.01. The van der Waals surface area contributed by atoms with E-state index in [0.717, 1.165) is 6.42 Å². The zero-order valence-corrected chi connectivity index (χ0v) is 11.9. The van der Waals surface area contributed by atoms with Gasteiger partial charge in [0.2, 0.25) is 5.91 Å². The molecule has 1 amide bonds. The summed E-state index contributed by atoms with van der Waals surface area (Å²) in [6.45, 7) is 10.0. The monoisotopic (exact) mass is 265 g/mol. The fraction of sp³-hybridized carbons (Fsp3) is 0.800.